The van der Waals surface area contributed by atoms with Crippen molar-refractivity contribution in [3.8, 4) is 17.3 Å². The summed E-state index contributed by atoms with van der Waals surface area (Å²) >= 11 is 0. The Kier molecular flexibility index (Phi) is 5.66. The Balaban J connectivity index is 1.50. The van der Waals surface area contributed by atoms with Crippen molar-refractivity contribution in [2.45, 2.75) is 38.3 Å². The third-order valence-electron chi connectivity index (χ3n) is 5.45. The number of benzene rings is 1. The summed E-state index contributed by atoms with van der Waals surface area (Å²) in [5.74, 6) is -0.00415. The van der Waals surface area contributed by atoms with Gasteiger partial charge in [0.1, 0.15) is 0 Å². The molecule has 2 heterocycles. The third kappa shape index (κ3) is 4.35. The van der Waals surface area contributed by atoms with Gasteiger partial charge >= 0.3 is 0 Å². The molecule has 0 unspecified atom stereocenters. The molecule has 1 amide bonds. The zero-order valence-electron chi connectivity index (χ0n) is 16.2. The van der Waals surface area contributed by atoms with Gasteiger partial charge in [-0.05, 0) is 49.2 Å². The number of pyridine rings is 1. The molecule has 1 fully saturated rings. The monoisotopic (exact) mass is 385 g/mol. The molecule has 146 valence electrons. The maximum absolute atomic E-state index is 13.2. The smallest absolute Gasteiger partial charge is 0.254 e. The fourth-order valence-corrected chi connectivity index (χ4v) is 3.93. The van der Waals surface area contributed by atoms with E-state index in [-0.39, 0.29) is 11.9 Å². The van der Waals surface area contributed by atoms with Gasteiger partial charge in [-0.1, -0.05) is 18.9 Å². The largest absolute Gasteiger partial charge is 0.334 e. The number of amides is 1. The Morgan fingerprint density at radius 3 is 2.72 bits per heavy atom. The molecule has 2 aromatic heterocycles. The van der Waals surface area contributed by atoms with Crippen LogP contribution in [0.15, 0.2) is 61.1 Å². The molecule has 0 spiro atoms. The molecule has 1 aromatic carbocycles. The molecule has 1 saturated carbocycles. The highest BCUT2D eigenvalue weighted by atomic mass is 16.2. The van der Waals surface area contributed by atoms with E-state index in [1.54, 1.807) is 36.7 Å². The van der Waals surface area contributed by atoms with E-state index in [4.69, 9.17) is 5.26 Å². The van der Waals surface area contributed by atoms with Crippen LogP contribution < -0.4 is 0 Å². The van der Waals surface area contributed by atoms with Crippen molar-refractivity contribution >= 4 is 5.91 Å². The Morgan fingerprint density at radius 1 is 1.17 bits per heavy atom. The summed E-state index contributed by atoms with van der Waals surface area (Å²) in [6.07, 6.45) is 9.83. The van der Waals surface area contributed by atoms with Crippen molar-refractivity contribution in [2.75, 3.05) is 6.54 Å². The highest BCUT2D eigenvalue weighted by Gasteiger charge is 2.27. The lowest BCUT2D eigenvalue weighted by atomic mass is 10.1. The Bertz CT molecular complexity index is 1020. The number of carbonyl (C=O) groups excluding carboxylic acids is 1. The summed E-state index contributed by atoms with van der Waals surface area (Å²) < 4.78 is 1.89. The van der Waals surface area contributed by atoms with Gasteiger partial charge in [0, 0.05) is 42.3 Å². The van der Waals surface area contributed by atoms with E-state index in [1.807, 2.05) is 34.0 Å². The lowest BCUT2D eigenvalue weighted by Gasteiger charge is -2.29. The fraction of sp³-hybridized carbons (Fsp3) is 0.304. The van der Waals surface area contributed by atoms with Gasteiger partial charge in [-0.25, -0.2) is 0 Å². The van der Waals surface area contributed by atoms with Crippen LogP contribution in [0.25, 0.3) is 11.3 Å². The normalized spacial score (nSPS) is 13.9. The van der Waals surface area contributed by atoms with Crippen molar-refractivity contribution in [1.82, 2.24) is 19.7 Å². The second kappa shape index (κ2) is 8.70. The number of hydrogen-bond donors (Lipinski definition) is 0. The highest BCUT2D eigenvalue weighted by molar-refractivity contribution is 5.94. The predicted octanol–water partition coefficient (Wildman–Crippen LogP) is 3.90. The Morgan fingerprint density at radius 2 is 1.97 bits per heavy atom. The average molecular weight is 385 g/mol. The standard InChI is InChI=1S/C23H23N5O/c24-17-18-4-3-5-20(16-18)23(29)28(21-6-1-2-7-21)15-14-27-13-10-22(26-27)19-8-11-25-12-9-19/h3-5,8-13,16,21H,1-2,6-7,14-15H2. The van der Waals surface area contributed by atoms with Gasteiger partial charge in [-0.3, -0.25) is 14.5 Å². The maximum atomic E-state index is 13.2. The van der Waals surface area contributed by atoms with Gasteiger partial charge in [0.2, 0.25) is 0 Å². The van der Waals surface area contributed by atoms with E-state index < -0.39 is 0 Å². The minimum absolute atomic E-state index is 0.00415. The molecule has 29 heavy (non-hydrogen) atoms. The summed E-state index contributed by atoms with van der Waals surface area (Å²) in [5.41, 5.74) is 3.01. The molecule has 0 saturated heterocycles. The van der Waals surface area contributed by atoms with Gasteiger partial charge in [-0.2, -0.15) is 10.4 Å². The quantitative estimate of drug-likeness (QED) is 0.645. The van der Waals surface area contributed by atoms with Crippen molar-refractivity contribution in [3.63, 3.8) is 0 Å². The van der Waals surface area contributed by atoms with Gasteiger partial charge < -0.3 is 4.90 Å². The summed E-state index contributed by atoms with van der Waals surface area (Å²) in [6, 6.07) is 15.2. The molecule has 1 aliphatic carbocycles. The SMILES string of the molecule is N#Cc1cccc(C(=O)N(CCn2ccc(-c3ccncc3)n2)C2CCCC2)c1. The van der Waals surface area contributed by atoms with Gasteiger partial charge in [0.25, 0.3) is 5.91 Å². The molecule has 0 atom stereocenters. The number of rotatable bonds is 6. The molecular formula is C23H23N5O. The number of aromatic nitrogens is 3. The molecule has 6 nitrogen and oxygen atoms in total. The van der Waals surface area contributed by atoms with Crippen LogP contribution in [-0.4, -0.2) is 38.2 Å². The summed E-state index contributed by atoms with van der Waals surface area (Å²) in [4.78, 5) is 19.2. The Hall–Kier alpha value is -3.46. The summed E-state index contributed by atoms with van der Waals surface area (Å²) in [7, 11) is 0. The van der Waals surface area contributed by atoms with Crippen LogP contribution in [0.1, 0.15) is 41.6 Å². The molecule has 4 rings (SSSR count). The molecular weight excluding hydrogens is 362 g/mol. The summed E-state index contributed by atoms with van der Waals surface area (Å²) in [6.45, 7) is 1.23. The Labute approximate surface area is 170 Å². The van der Waals surface area contributed by atoms with Crippen molar-refractivity contribution in [1.29, 1.82) is 5.26 Å². The minimum atomic E-state index is -0.00415. The third-order valence-corrected chi connectivity index (χ3v) is 5.45. The lowest BCUT2D eigenvalue weighted by Crippen LogP contribution is -2.41. The first kappa shape index (κ1) is 18.9. The van der Waals surface area contributed by atoms with Crippen LogP contribution in [0, 0.1) is 11.3 Å². The van der Waals surface area contributed by atoms with E-state index in [0.717, 1.165) is 36.9 Å². The molecule has 0 radical (unpaired) electrons. The topological polar surface area (TPSA) is 74.8 Å². The minimum Gasteiger partial charge on any atom is -0.334 e. The van der Waals surface area contributed by atoms with Crippen LogP contribution >= 0.6 is 0 Å². The molecule has 0 N–H and O–H groups in total. The van der Waals surface area contributed by atoms with Crippen molar-refractivity contribution in [3.05, 3.63) is 72.2 Å². The molecule has 3 aromatic rings. The van der Waals surface area contributed by atoms with Crippen LogP contribution in [0.5, 0.6) is 0 Å². The predicted molar refractivity (Wildman–Crippen MR) is 110 cm³/mol. The van der Waals surface area contributed by atoms with Gasteiger partial charge in [-0.15, -0.1) is 0 Å². The van der Waals surface area contributed by atoms with Crippen LogP contribution in [0.4, 0.5) is 0 Å². The second-order valence-electron chi connectivity index (χ2n) is 7.33. The number of carbonyl (C=O) groups is 1. The van der Waals surface area contributed by atoms with Crippen LogP contribution in [0.2, 0.25) is 0 Å². The van der Waals surface area contributed by atoms with Gasteiger partial charge in [0.15, 0.2) is 0 Å². The lowest BCUT2D eigenvalue weighted by molar-refractivity contribution is 0.0671. The van der Waals surface area contributed by atoms with Crippen molar-refractivity contribution < 1.29 is 4.79 Å². The van der Waals surface area contributed by atoms with Crippen LogP contribution in [0.3, 0.4) is 0 Å². The van der Waals surface area contributed by atoms with Crippen LogP contribution in [-0.2, 0) is 6.54 Å². The molecule has 0 aliphatic heterocycles. The first-order valence-corrected chi connectivity index (χ1v) is 9.99. The molecule has 6 heteroatoms. The molecule has 1 aliphatic rings. The zero-order valence-corrected chi connectivity index (χ0v) is 16.2. The number of nitriles is 1. The van der Waals surface area contributed by atoms with Crippen molar-refractivity contribution in [2.24, 2.45) is 0 Å². The fourth-order valence-electron chi connectivity index (χ4n) is 3.93. The van der Waals surface area contributed by atoms with E-state index in [0.29, 0.717) is 24.2 Å². The maximum Gasteiger partial charge on any atom is 0.254 e. The van der Waals surface area contributed by atoms with E-state index >= 15 is 0 Å². The highest BCUT2D eigenvalue weighted by Crippen LogP contribution is 2.25. The molecule has 0 bridgehead atoms. The summed E-state index contributed by atoms with van der Waals surface area (Å²) in [5, 5.41) is 13.8. The first-order chi connectivity index (χ1) is 14.2. The number of hydrogen-bond acceptors (Lipinski definition) is 4. The van der Waals surface area contributed by atoms with E-state index in [1.165, 1.54) is 0 Å². The number of nitrogens with zero attached hydrogens (tertiary/aromatic N) is 5. The first-order valence-electron chi connectivity index (χ1n) is 9.99. The zero-order chi connectivity index (χ0) is 20.1. The van der Waals surface area contributed by atoms with Gasteiger partial charge in [0.05, 0.1) is 23.9 Å². The average Bonchev–Trinajstić information content (AvgIpc) is 3.47. The van der Waals surface area contributed by atoms with E-state index in [2.05, 4.69) is 16.2 Å². The second-order valence-corrected chi connectivity index (χ2v) is 7.33. The van der Waals surface area contributed by atoms with E-state index in [9.17, 15) is 4.79 Å².